The lowest BCUT2D eigenvalue weighted by Gasteiger charge is -2.26. The molecule has 0 amide bonds. The lowest BCUT2D eigenvalue weighted by Crippen LogP contribution is -2.42. The first-order valence-electron chi connectivity index (χ1n) is 7.54. The quantitative estimate of drug-likeness (QED) is 0.254. The van der Waals surface area contributed by atoms with Crippen molar-refractivity contribution in [1.82, 2.24) is 0 Å². The van der Waals surface area contributed by atoms with E-state index in [-0.39, 0.29) is 32.4 Å². The third-order valence-corrected chi connectivity index (χ3v) is 3.51. The molecule has 0 bridgehead atoms. The van der Waals surface area contributed by atoms with Gasteiger partial charge in [-0.1, -0.05) is 26.2 Å². The summed E-state index contributed by atoms with van der Waals surface area (Å²) in [6.07, 6.45) is 3.88. The first-order chi connectivity index (χ1) is 10.6. The molecule has 0 saturated carbocycles. The van der Waals surface area contributed by atoms with Gasteiger partial charge in [0.2, 0.25) is 6.54 Å². The number of nitriles is 1. The second kappa shape index (κ2) is 11.6. The number of ether oxygens (including phenoxy) is 2. The molecule has 6 heteroatoms. The molecule has 0 aliphatic heterocycles. The van der Waals surface area contributed by atoms with Crippen molar-refractivity contribution in [2.75, 3.05) is 20.3 Å². The fourth-order valence-corrected chi connectivity index (χ4v) is 2.16. The first kappa shape index (κ1) is 19.9. The van der Waals surface area contributed by atoms with Gasteiger partial charge < -0.3 is 14.3 Å². The van der Waals surface area contributed by atoms with Crippen LogP contribution in [0.15, 0.2) is 0 Å². The van der Waals surface area contributed by atoms with E-state index in [9.17, 15) is 9.59 Å². The predicted molar refractivity (Wildman–Crippen MR) is 80.5 cm³/mol. The third-order valence-electron chi connectivity index (χ3n) is 3.51. The van der Waals surface area contributed by atoms with Crippen LogP contribution < -0.4 is 0 Å². The zero-order chi connectivity index (χ0) is 16.8. The maximum atomic E-state index is 12.4. The van der Waals surface area contributed by atoms with Crippen molar-refractivity contribution in [2.45, 2.75) is 51.9 Å². The summed E-state index contributed by atoms with van der Waals surface area (Å²) in [5.74, 6) is -1.42. The van der Waals surface area contributed by atoms with Crippen LogP contribution in [0.5, 0.6) is 0 Å². The van der Waals surface area contributed by atoms with Crippen LogP contribution in [0.1, 0.15) is 51.9 Å². The summed E-state index contributed by atoms with van der Waals surface area (Å²) >= 11 is 0. The van der Waals surface area contributed by atoms with Crippen LogP contribution >= 0.6 is 0 Å². The Labute approximate surface area is 132 Å². The molecule has 6 nitrogen and oxygen atoms in total. The molecule has 0 aromatic heterocycles. The van der Waals surface area contributed by atoms with E-state index in [0.717, 1.165) is 25.7 Å². The molecular formula is C16H24N2O4. The first-order valence-corrected chi connectivity index (χ1v) is 7.54. The molecule has 0 radical (unpaired) electrons. The minimum Gasteiger partial charge on any atom is -0.468 e. The van der Waals surface area contributed by atoms with Gasteiger partial charge in [0.1, 0.15) is 0 Å². The van der Waals surface area contributed by atoms with Crippen LogP contribution in [-0.2, 0) is 19.1 Å². The number of carbonyl (C=O) groups excluding carboxylic acids is 2. The standard InChI is InChI=1S/C16H24N2O4/c1-4-5-6-7-13-22-15(20)16(9-8-11-17,10-12-18-2)14(19)21-3/h4-10,12-13H2,1,3H3. The molecule has 0 saturated heterocycles. The number of hydrogen-bond donors (Lipinski definition) is 0. The highest BCUT2D eigenvalue weighted by atomic mass is 16.6. The SMILES string of the molecule is [C-]#[N+]CCC(CCC#N)(C(=O)OC)C(=O)OCCCCCC. The summed E-state index contributed by atoms with van der Waals surface area (Å²) in [5, 5.41) is 8.75. The molecule has 0 aliphatic carbocycles. The van der Waals surface area contributed by atoms with Crippen molar-refractivity contribution >= 4 is 11.9 Å². The van der Waals surface area contributed by atoms with Crippen molar-refractivity contribution < 1.29 is 19.1 Å². The van der Waals surface area contributed by atoms with E-state index in [1.807, 2.05) is 6.07 Å². The summed E-state index contributed by atoms with van der Waals surface area (Å²) in [6, 6.07) is 1.92. The molecule has 0 fully saturated rings. The third kappa shape index (κ3) is 6.13. The lowest BCUT2D eigenvalue weighted by molar-refractivity contribution is -0.172. The van der Waals surface area contributed by atoms with Gasteiger partial charge in [-0.05, 0) is 12.8 Å². The fourth-order valence-electron chi connectivity index (χ4n) is 2.16. The van der Waals surface area contributed by atoms with E-state index in [1.54, 1.807) is 0 Å². The topological polar surface area (TPSA) is 80.8 Å². The highest BCUT2D eigenvalue weighted by Gasteiger charge is 2.48. The Balaban J connectivity index is 4.92. The van der Waals surface area contributed by atoms with E-state index >= 15 is 0 Å². The lowest BCUT2D eigenvalue weighted by atomic mass is 9.80. The Morgan fingerprint density at radius 2 is 1.95 bits per heavy atom. The molecule has 22 heavy (non-hydrogen) atoms. The van der Waals surface area contributed by atoms with E-state index < -0.39 is 17.4 Å². The van der Waals surface area contributed by atoms with Crippen molar-refractivity contribution in [3.05, 3.63) is 11.4 Å². The summed E-state index contributed by atoms with van der Waals surface area (Å²) < 4.78 is 9.94. The number of methoxy groups -OCH3 is 1. The zero-order valence-electron chi connectivity index (χ0n) is 13.4. The van der Waals surface area contributed by atoms with Crippen LogP contribution in [0.2, 0.25) is 0 Å². The number of unbranched alkanes of at least 4 members (excludes halogenated alkanes) is 3. The molecule has 122 valence electrons. The number of nitrogens with zero attached hydrogens (tertiary/aromatic N) is 2. The zero-order valence-corrected chi connectivity index (χ0v) is 13.4. The second-order valence-electron chi connectivity index (χ2n) is 5.06. The summed E-state index contributed by atoms with van der Waals surface area (Å²) in [5.41, 5.74) is -1.54. The Kier molecular flexibility index (Phi) is 10.5. The summed E-state index contributed by atoms with van der Waals surface area (Å²) in [4.78, 5) is 27.7. The normalized spacial score (nSPS) is 12.5. The van der Waals surface area contributed by atoms with Gasteiger partial charge in [-0.15, -0.1) is 0 Å². The van der Waals surface area contributed by atoms with E-state index in [4.69, 9.17) is 21.3 Å². The molecule has 0 N–H and O–H groups in total. The smallest absolute Gasteiger partial charge is 0.323 e. The number of esters is 2. The Morgan fingerprint density at radius 1 is 1.23 bits per heavy atom. The van der Waals surface area contributed by atoms with Crippen molar-refractivity contribution in [3.8, 4) is 6.07 Å². The molecule has 0 aromatic rings. The molecule has 1 unspecified atom stereocenters. The van der Waals surface area contributed by atoms with Crippen molar-refractivity contribution in [1.29, 1.82) is 5.26 Å². The van der Waals surface area contributed by atoms with Crippen LogP contribution in [0, 0.1) is 23.3 Å². The average Bonchev–Trinajstić information content (AvgIpc) is 2.54. The van der Waals surface area contributed by atoms with Crippen LogP contribution in [0.4, 0.5) is 0 Å². The fraction of sp³-hybridized carbons (Fsp3) is 0.750. The second-order valence-corrected chi connectivity index (χ2v) is 5.06. The largest absolute Gasteiger partial charge is 0.468 e. The van der Waals surface area contributed by atoms with Gasteiger partial charge in [0.25, 0.3) is 0 Å². The minimum absolute atomic E-state index is 0.00542. The highest BCUT2D eigenvalue weighted by Crippen LogP contribution is 2.32. The van der Waals surface area contributed by atoms with Crippen molar-refractivity contribution in [2.24, 2.45) is 5.41 Å². The molecule has 0 spiro atoms. The van der Waals surface area contributed by atoms with E-state index in [2.05, 4.69) is 11.8 Å². The van der Waals surface area contributed by atoms with E-state index in [1.165, 1.54) is 7.11 Å². The van der Waals surface area contributed by atoms with E-state index in [0.29, 0.717) is 0 Å². The molecule has 1 atom stereocenters. The number of carbonyl (C=O) groups is 2. The Morgan fingerprint density at radius 3 is 2.50 bits per heavy atom. The van der Waals surface area contributed by atoms with Gasteiger partial charge in [0.15, 0.2) is 5.41 Å². The molecule has 0 rings (SSSR count). The van der Waals surface area contributed by atoms with Crippen LogP contribution in [0.25, 0.3) is 4.85 Å². The Hall–Kier alpha value is -2.08. The average molecular weight is 308 g/mol. The summed E-state index contributed by atoms with van der Waals surface area (Å²) in [7, 11) is 1.19. The van der Waals surface area contributed by atoms with Crippen molar-refractivity contribution in [3.63, 3.8) is 0 Å². The van der Waals surface area contributed by atoms with Crippen LogP contribution in [0.3, 0.4) is 0 Å². The van der Waals surface area contributed by atoms with Crippen LogP contribution in [-0.4, -0.2) is 32.2 Å². The number of rotatable bonds is 11. The molecular weight excluding hydrogens is 284 g/mol. The van der Waals surface area contributed by atoms with Gasteiger partial charge >= 0.3 is 11.9 Å². The maximum absolute atomic E-state index is 12.4. The molecule has 0 heterocycles. The molecule has 0 aliphatic rings. The monoisotopic (exact) mass is 308 g/mol. The van der Waals surface area contributed by atoms with Gasteiger partial charge in [0.05, 0.1) is 19.8 Å². The van der Waals surface area contributed by atoms with Gasteiger partial charge in [-0.3, -0.25) is 9.59 Å². The Bertz CT molecular complexity index is 416. The summed E-state index contributed by atoms with van der Waals surface area (Å²) in [6.45, 7) is 9.20. The predicted octanol–water partition coefficient (Wildman–Crippen LogP) is 2.88. The minimum atomic E-state index is -1.54. The van der Waals surface area contributed by atoms with Gasteiger partial charge in [0, 0.05) is 12.8 Å². The van der Waals surface area contributed by atoms with Gasteiger partial charge in [-0.2, -0.15) is 5.26 Å². The molecule has 0 aromatic carbocycles. The highest BCUT2D eigenvalue weighted by molar-refractivity contribution is 6.00. The number of hydrogen-bond acceptors (Lipinski definition) is 5. The maximum Gasteiger partial charge on any atom is 0.323 e. The van der Waals surface area contributed by atoms with Gasteiger partial charge in [-0.25, -0.2) is 6.57 Å².